The van der Waals surface area contributed by atoms with Crippen molar-refractivity contribution in [3.8, 4) is 0 Å². The van der Waals surface area contributed by atoms with Crippen molar-refractivity contribution >= 4 is 50.5 Å². The van der Waals surface area contributed by atoms with E-state index in [0.717, 1.165) is 63.7 Å². The third kappa shape index (κ3) is 11.5. The lowest BCUT2D eigenvalue weighted by atomic mass is 10.0. The molecule has 2 aliphatic heterocycles. The second-order valence-electron chi connectivity index (χ2n) is 11.6. The summed E-state index contributed by atoms with van der Waals surface area (Å²) in [7, 11) is 3.18. The first-order valence-corrected chi connectivity index (χ1v) is 17.7. The van der Waals surface area contributed by atoms with Crippen LogP contribution in [0.1, 0.15) is 36.8 Å². The SMILES string of the molecule is BrCc1ccccc1.Cn1ncc(NC2CCCN(Cc3ccccc3)C2)c(Cl)c1=O.Cn1ncc(NC2CCCNC2)c(Cl)c1=O. The van der Waals surface area contributed by atoms with E-state index in [1.54, 1.807) is 26.5 Å². The third-order valence-electron chi connectivity index (χ3n) is 7.92. The van der Waals surface area contributed by atoms with E-state index < -0.39 is 0 Å². The van der Waals surface area contributed by atoms with E-state index in [2.05, 4.69) is 83.4 Å². The van der Waals surface area contributed by atoms with Crippen molar-refractivity contribution in [2.24, 2.45) is 14.1 Å². The highest BCUT2D eigenvalue weighted by atomic mass is 79.9. The minimum atomic E-state index is -0.270. The van der Waals surface area contributed by atoms with Crippen molar-refractivity contribution in [3.63, 3.8) is 0 Å². The monoisotopic (exact) mass is 744 g/mol. The molecule has 2 unspecified atom stereocenters. The highest BCUT2D eigenvalue weighted by Crippen LogP contribution is 2.21. The lowest BCUT2D eigenvalue weighted by Crippen LogP contribution is -2.42. The highest BCUT2D eigenvalue weighted by Gasteiger charge is 2.21. The highest BCUT2D eigenvalue weighted by molar-refractivity contribution is 9.08. The lowest BCUT2D eigenvalue weighted by Gasteiger charge is -2.33. The summed E-state index contributed by atoms with van der Waals surface area (Å²) < 4.78 is 2.47. The first kappa shape index (κ1) is 36.6. The standard InChI is InChI=1S/C17H21ClN4O.C10H15ClN4O.C7H7Br/c1-21-17(23)16(18)15(10-19-21)20-14-8-5-9-22(12-14)11-13-6-3-2-4-7-13;1-15-10(16)9(11)8(6-13-15)14-7-3-2-4-12-5-7;8-6-7-4-2-1-3-5-7/h2-4,6-7,10,14,20H,5,8-9,11-12H2,1H3;6-7,12,14H,2-5H2,1H3;1-5H,6H2. The number of aromatic nitrogens is 4. The average Bonchev–Trinajstić information content (AvgIpc) is 3.11. The predicted molar refractivity (Wildman–Crippen MR) is 196 cm³/mol. The van der Waals surface area contributed by atoms with Gasteiger partial charge in [-0.05, 0) is 49.9 Å². The molecule has 2 atom stereocenters. The average molecular weight is 747 g/mol. The Bertz CT molecular complexity index is 1650. The molecular formula is C34H43BrCl2N8O2. The molecule has 0 radical (unpaired) electrons. The van der Waals surface area contributed by atoms with Gasteiger partial charge in [0.1, 0.15) is 10.0 Å². The van der Waals surface area contributed by atoms with Crippen molar-refractivity contribution in [3.05, 3.63) is 115 Å². The van der Waals surface area contributed by atoms with E-state index >= 15 is 0 Å². The molecule has 2 aliphatic rings. The maximum atomic E-state index is 11.9. The molecule has 2 aromatic heterocycles. The molecule has 2 fully saturated rings. The van der Waals surface area contributed by atoms with Crippen molar-refractivity contribution < 1.29 is 0 Å². The van der Waals surface area contributed by atoms with Gasteiger partial charge in [-0.25, -0.2) is 9.36 Å². The molecule has 0 bridgehead atoms. The van der Waals surface area contributed by atoms with Crippen LogP contribution in [-0.2, 0) is 26.0 Å². The van der Waals surface area contributed by atoms with Crippen LogP contribution in [-0.4, -0.2) is 62.7 Å². The number of halogens is 3. The van der Waals surface area contributed by atoms with Crippen LogP contribution in [0.2, 0.25) is 10.0 Å². The van der Waals surface area contributed by atoms with Gasteiger partial charge in [0, 0.05) is 51.1 Å². The molecule has 6 rings (SSSR count). The quantitative estimate of drug-likeness (QED) is 0.207. The Morgan fingerprint density at radius 1 is 0.809 bits per heavy atom. The Hall–Kier alpha value is -3.22. The molecule has 13 heteroatoms. The number of nitrogens with zero attached hydrogens (tertiary/aromatic N) is 5. The summed E-state index contributed by atoms with van der Waals surface area (Å²) in [5, 5.41) is 19.3. The molecule has 4 aromatic rings. The molecule has 2 aromatic carbocycles. The Morgan fingerprint density at radius 3 is 1.85 bits per heavy atom. The largest absolute Gasteiger partial charge is 0.378 e. The number of nitrogens with one attached hydrogen (secondary N) is 3. The third-order valence-corrected chi connectivity index (χ3v) is 9.30. The Labute approximate surface area is 294 Å². The molecule has 0 aliphatic carbocycles. The zero-order valence-electron chi connectivity index (χ0n) is 26.8. The lowest BCUT2D eigenvalue weighted by molar-refractivity contribution is 0.208. The van der Waals surface area contributed by atoms with Crippen molar-refractivity contribution in [1.29, 1.82) is 0 Å². The van der Waals surface area contributed by atoms with Crippen molar-refractivity contribution in [1.82, 2.24) is 29.8 Å². The van der Waals surface area contributed by atoms with Gasteiger partial charge in [0.2, 0.25) is 0 Å². The summed E-state index contributed by atoms with van der Waals surface area (Å²) in [5.74, 6) is 0. The molecule has 252 valence electrons. The number of rotatable bonds is 7. The first-order chi connectivity index (χ1) is 22.7. The predicted octanol–water partition coefficient (Wildman–Crippen LogP) is 5.69. The van der Waals surface area contributed by atoms with Gasteiger partial charge in [-0.1, -0.05) is 99.8 Å². The summed E-state index contributed by atoms with van der Waals surface area (Å²) >= 11 is 15.5. The van der Waals surface area contributed by atoms with Gasteiger partial charge in [-0.15, -0.1) is 0 Å². The number of anilines is 2. The minimum Gasteiger partial charge on any atom is -0.378 e. The van der Waals surface area contributed by atoms with Gasteiger partial charge in [-0.3, -0.25) is 14.5 Å². The second-order valence-corrected chi connectivity index (χ2v) is 12.9. The van der Waals surface area contributed by atoms with Gasteiger partial charge in [-0.2, -0.15) is 10.2 Å². The van der Waals surface area contributed by atoms with Gasteiger partial charge in [0.15, 0.2) is 0 Å². The molecule has 47 heavy (non-hydrogen) atoms. The summed E-state index contributed by atoms with van der Waals surface area (Å²) in [4.78, 5) is 25.8. The number of likely N-dealkylation sites (tertiary alicyclic amines) is 1. The van der Waals surface area contributed by atoms with Gasteiger partial charge in [0.05, 0.1) is 23.8 Å². The number of benzene rings is 2. The van der Waals surface area contributed by atoms with E-state index in [0.29, 0.717) is 17.4 Å². The van der Waals surface area contributed by atoms with Crippen LogP contribution in [0, 0.1) is 0 Å². The molecule has 4 heterocycles. The fourth-order valence-corrected chi connectivity index (χ4v) is 6.19. The maximum Gasteiger partial charge on any atom is 0.287 e. The Balaban J connectivity index is 0.000000180. The smallest absolute Gasteiger partial charge is 0.287 e. The molecule has 0 amide bonds. The van der Waals surface area contributed by atoms with Crippen LogP contribution in [0.5, 0.6) is 0 Å². The van der Waals surface area contributed by atoms with Gasteiger partial charge in [0.25, 0.3) is 11.1 Å². The van der Waals surface area contributed by atoms with E-state index in [1.807, 2.05) is 24.3 Å². The number of alkyl halides is 1. The van der Waals surface area contributed by atoms with Crippen LogP contribution in [0.15, 0.2) is 82.6 Å². The normalized spacial score (nSPS) is 17.8. The fraction of sp³-hybridized carbons (Fsp3) is 0.412. The molecule has 10 nitrogen and oxygen atoms in total. The maximum absolute atomic E-state index is 11.9. The molecule has 3 N–H and O–H groups in total. The number of hydrogen-bond acceptors (Lipinski definition) is 8. The van der Waals surface area contributed by atoms with Crippen molar-refractivity contribution in [2.75, 3.05) is 36.8 Å². The molecule has 0 spiro atoms. The summed E-state index contributed by atoms with van der Waals surface area (Å²) in [6.45, 7) is 4.92. The van der Waals surface area contributed by atoms with Crippen LogP contribution in [0.4, 0.5) is 11.4 Å². The van der Waals surface area contributed by atoms with E-state index in [-0.39, 0.29) is 27.2 Å². The minimum absolute atomic E-state index is 0.211. The van der Waals surface area contributed by atoms with Crippen LogP contribution >= 0.6 is 39.1 Å². The van der Waals surface area contributed by atoms with E-state index in [9.17, 15) is 9.59 Å². The summed E-state index contributed by atoms with van der Waals surface area (Å²) in [6, 6.07) is 21.4. The van der Waals surface area contributed by atoms with Crippen molar-refractivity contribution in [2.45, 2.75) is 49.6 Å². The Morgan fingerprint density at radius 2 is 1.34 bits per heavy atom. The van der Waals surface area contributed by atoms with Gasteiger partial charge >= 0.3 is 0 Å². The summed E-state index contributed by atoms with van der Waals surface area (Å²) in [6.07, 6.45) is 7.63. The van der Waals surface area contributed by atoms with Crippen LogP contribution in [0.25, 0.3) is 0 Å². The first-order valence-electron chi connectivity index (χ1n) is 15.8. The number of piperidine rings is 2. The fourth-order valence-electron chi connectivity index (χ4n) is 5.36. The zero-order valence-corrected chi connectivity index (χ0v) is 29.9. The van der Waals surface area contributed by atoms with Gasteiger partial charge < -0.3 is 16.0 Å². The number of hydrogen-bond donors (Lipinski definition) is 3. The molecule has 2 saturated heterocycles. The Kier molecular flexibility index (Phi) is 14.8. The topological polar surface area (TPSA) is 109 Å². The molecular weight excluding hydrogens is 703 g/mol. The van der Waals surface area contributed by atoms with E-state index in [4.69, 9.17) is 23.2 Å². The second kappa shape index (κ2) is 18.9. The molecule has 0 saturated carbocycles. The zero-order chi connectivity index (χ0) is 33.6. The van der Waals surface area contributed by atoms with E-state index in [1.165, 1.54) is 20.5 Å². The van der Waals surface area contributed by atoms with Crippen LogP contribution < -0.4 is 27.1 Å². The van der Waals surface area contributed by atoms with Crippen LogP contribution in [0.3, 0.4) is 0 Å². The number of aryl methyl sites for hydroxylation is 2. The summed E-state index contributed by atoms with van der Waals surface area (Å²) in [5.41, 5.74) is 3.36.